The number of nitrogens with zero attached hydrogens (tertiary/aromatic N) is 1. The van der Waals surface area contributed by atoms with E-state index in [4.69, 9.17) is 9.47 Å². The number of ether oxygens (including phenoxy) is 2. The number of methoxy groups -OCH3 is 2. The fourth-order valence-electron chi connectivity index (χ4n) is 3.71. The highest BCUT2D eigenvalue weighted by Crippen LogP contribution is 2.46. The number of sulfonamides is 1. The first kappa shape index (κ1) is 19.9. The molecule has 0 unspecified atom stereocenters. The summed E-state index contributed by atoms with van der Waals surface area (Å²) in [5.41, 5.74) is -1.47. The molecule has 150 valence electrons. The van der Waals surface area contributed by atoms with Gasteiger partial charge in [0.1, 0.15) is 5.41 Å². The second-order valence-corrected chi connectivity index (χ2v) is 9.21. The van der Waals surface area contributed by atoms with Gasteiger partial charge in [0.2, 0.25) is 10.0 Å². The van der Waals surface area contributed by atoms with Gasteiger partial charge in [-0.2, -0.15) is 4.31 Å². The van der Waals surface area contributed by atoms with Gasteiger partial charge >= 0.3 is 5.97 Å². The molecule has 8 nitrogen and oxygen atoms in total. The smallest absolute Gasteiger partial charge is 0.313 e. The molecular weight excluding hydrogens is 374 g/mol. The number of carboxylic acids is 1. The Labute approximate surface area is 158 Å². The van der Waals surface area contributed by atoms with E-state index in [1.807, 2.05) is 0 Å². The molecule has 2 aliphatic rings. The van der Waals surface area contributed by atoms with Gasteiger partial charge in [-0.1, -0.05) is 12.8 Å². The Bertz CT molecular complexity index is 821. The maximum absolute atomic E-state index is 13.1. The van der Waals surface area contributed by atoms with Crippen LogP contribution < -0.4 is 9.47 Å². The molecule has 1 aromatic rings. The molecule has 2 fully saturated rings. The van der Waals surface area contributed by atoms with Gasteiger partial charge in [-0.15, -0.1) is 0 Å². The number of rotatable bonds is 7. The van der Waals surface area contributed by atoms with Crippen LogP contribution >= 0.6 is 0 Å². The number of carbonyl (C=O) groups is 1. The minimum absolute atomic E-state index is 0.00208. The fraction of sp³-hybridized carbons (Fsp3) is 0.611. The molecule has 0 bridgehead atoms. The standard InChI is InChI=1S/C18H25NO7S/c1-25-14-6-5-13(9-15(14)26-2)27(23,24)19-8-7-16(20)18(11-19,17(21)22)10-12-3-4-12/h5-6,9,12,16,20H,3-4,7-8,10-11H2,1-2H3,(H,21,22)/t16-,18-/m0/s1. The van der Waals surface area contributed by atoms with Crippen LogP contribution in [0.25, 0.3) is 0 Å². The second-order valence-electron chi connectivity index (χ2n) is 7.27. The van der Waals surface area contributed by atoms with Crippen molar-refractivity contribution in [3.8, 4) is 11.5 Å². The molecule has 0 amide bonds. The van der Waals surface area contributed by atoms with Crippen molar-refractivity contribution >= 4 is 16.0 Å². The predicted octanol–water partition coefficient (Wildman–Crippen LogP) is 1.33. The Morgan fingerprint density at radius 3 is 2.44 bits per heavy atom. The SMILES string of the molecule is COc1ccc(S(=O)(=O)N2CC[C@H](O)[C@@](CC3CC3)(C(=O)O)C2)cc1OC. The highest BCUT2D eigenvalue weighted by Gasteiger charge is 2.53. The number of aliphatic hydroxyl groups excluding tert-OH is 1. The maximum Gasteiger partial charge on any atom is 0.313 e. The molecule has 1 aliphatic carbocycles. The van der Waals surface area contributed by atoms with Gasteiger partial charge in [0.15, 0.2) is 11.5 Å². The zero-order valence-electron chi connectivity index (χ0n) is 15.4. The summed E-state index contributed by atoms with van der Waals surface area (Å²) < 4.78 is 37.7. The van der Waals surface area contributed by atoms with Gasteiger partial charge in [-0.05, 0) is 30.9 Å². The molecule has 1 saturated heterocycles. The Balaban J connectivity index is 1.93. The number of benzene rings is 1. The summed E-state index contributed by atoms with van der Waals surface area (Å²) in [7, 11) is -1.07. The Hall–Kier alpha value is -1.84. The third kappa shape index (κ3) is 3.63. The Morgan fingerprint density at radius 2 is 1.89 bits per heavy atom. The quantitative estimate of drug-likeness (QED) is 0.711. The topological polar surface area (TPSA) is 113 Å². The monoisotopic (exact) mass is 399 g/mol. The lowest BCUT2D eigenvalue weighted by molar-refractivity contribution is -0.162. The van der Waals surface area contributed by atoms with E-state index in [1.54, 1.807) is 0 Å². The molecule has 1 heterocycles. The largest absolute Gasteiger partial charge is 0.493 e. The van der Waals surface area contributed by atoms with Gasteiger partial charge in [0.05, 0.1) is 25.2 Å². The molecule has 0 spiro atoms. The molecule has 1 saturated carbocycles. The zero-order valence-corrected chi connectivity index (χ0v) is 16.2. The van der Waals surface area contributed by atoms with Crippen LogP contribution in [-0.2, 0) is 14.8 Å². The first-order valence-corrected chi connectivity index (χ1v) is 10.3. The van der Waals surface area contributed by atoms with Crippen LogP contribution in [0.3, 0.4) is 0 Å². The van der Waals surface area contributed by atoms with Crippen molar-refractivity contribution in [2.45, 2.75) is 36.7 Å². The van der Waals surface area contributed by atoms with Crippen LogP contribution in [0.2, 0.25) is 0 Å². The van der Waals surface area contributed by atoms with Gasteiger partial charge in [0, 0.05) is 19.2 Å². The predicted molar refractivity (Wildman–Crippen MR) is 96.3 cm³/mol. The van der Waals surface area contributed by atoms with Crippen LogP contribution in [0.4, 0.5) is 0 Å². The van der Waals surface area contributed by atoms with Crippen molar-refractivity contribution in [1.82, 2.24) is 4.31 Å². The third-order valence-electron chi connectivity index (χ3n) is 5.52. The van der Waals surface area contributed by atoms with Crippen LogP contribution in [0.5, 0.6) is 11.5 Å². The normalized spacial score (nSPS) is 26.6. The van der Waals surface area contributed by atoms with E-state index in [2.05, 4.69) is 0 Å². The number of hydrogen-bond acceptors (Lipinski definition) is 6. The van der Waals surface area contributed by atoms with Crippen molar-refractivity contribution < 1.29 is 32.9 Å². The number of piperidine rings is 1. The average Bonchev–Trinajstić information content (AvgIpc) is 3.46. The Morgan fingerprint density at radius 1 is 1.22 bits per heavy atom. The molecule has 1 aromatic carbocycles. The summed E-state index contributed by atoms with van der Waals surface area (Å²) in [4.78, 5) is 12.0. The fourth-order valence-corrected chi connectivity index (χ4v) is 5.25. The van der Waals surface area contributed by atoms with Crippen molar-refractivity contribution in [2.75, 3.05) is 27.3 Å². The summed E-state index contributed by atoms with van der Waals surface area (Å²) >= 11 is 0. The number of carboxylic acid groups (broad SMARTS) is 1. The summed E-state index contributed by atoms with van der Waals surface area (Å²) in [5.74, 6) is -0.231. The van der Waals surface area contributed by atoms with E-state index in [0.29, 0.717) is 12.2 Å². The second kappa shape index (κ2) is 7.29. The lowest BCUT2D eigenvalue weighted by Gasteiger charge is -2.42. The van der Waals surface area contributed by atoms with Crippen LogP contribution in [0.15, 0.2) is 23.1 Å². The zero-order chi connectivity index (χ0) is 19.8. The minimum atomic E-state index is -3.94. The van der Waals surface area contributed by atoms with E-state index >= 15 is 0 Å². The number of aliphatic carboxylic acids is 1. The molecule has 0 aromatic heterocycles. The van der Waals surface area contributed by atoms with Gasteiger partial charge in [-0.3, -0.25) is 4.79 Å². The van der Waals surface area contributed by atoms with E-state index < -0.39 is 27.5 Å². The molecule has 3 rings (SSSR count). The average molecular weight is 399 g/mol. The van der Waals surface area contributed by atoms with Crippen LogP contribution in [0, 0.1) is 11.3 Å². The molecule has 2 atom stereocenters. The maximum atomic E-state index is 13.1. The highest BCUT2D eigenvalue weighted by molar-refractivity contribution is 7.89. The summed E-state index contributed by atoms with van der Waals surface area (Å²) in [6.45, 7) is -0.172. The van der Waals surface area contributed by atoms with Crippen molar-refractivity contribution in [2.24, 2.45) is 11.3 Å². The molecule has 2 N–H and O–H groups in total. The third-order valence-corrected chi connectivity index (χ3v) is 7.36. The summed E-state index contributed by atoms with van der Waals surface area (Å²) in [5, 5.41) is 20.3. The minimum Gasteiger partial charge on any atom is -0.493 e. The first-order chi connectivity index (χ1) is 12.7. The van der Waals surface area contributed by atoms with Crippen LogP contribution in [-0.4, -0.2) is 62.3 Å². The van der Waals surface area contributed by atoms with E-state index in [1.165, 1.54) is 32.4 Å². The van der Waals surface area contributed by atoms with Gasteiger partial charge in [0.25, 0.3) is 0 Å². The number of aliphatic hydroxyl groups is 1. The number of hydrogen-bond donors (Lipinski definition) is 2. The first-order valence-electron chi connectivity index (χ1n) is 8.88. The van der Waals surface area contributed by atoms with Crippen molar-refractivity contribution in [1.29, 1.82) is 0 Å². The Kier molecular flexibility index (Phi) is 5.38. The highest BCUT2D eigenvalue weighted by atomic mass is 32.2. The molecule has 27 heavy (non-hydrogen) atoms. The summed E-state index contributed by atoms with van der Waals surface area (Å²) in [6.07, 6.45) is 1.16. The van der Waals surface area contributed by atoms with E-state index in [-0.39, 0.29) is 36.1 Å². The lowest BCUT2D eigenvalue weighted by Crippen LogP contribution is -2.57. The van der Waals surface area contributed by atoms with E-state index in [0.717, 1.165) is 17.1 Å². The van der Waals surface area contributed by atoms with Crippen LogP contribution in [0.1, 0.15) is 25.7 Å². The molecule has 0 radical (unpaired) electrons. The molecule has 1 aliphatic heterocycles. The van der Waals surface area contributed by atoms with Crippen molar-refractivity contribution in [3.05, 3.63) is 18.2 Å². The lowest BCUT2D eigenvalue weighted by atomic mass is 9.74. The van der Waals surface area contributed by atoms with Gasteiger partial charge in [-0.25, -0.2) is 8.42 Å². The molecular formula is C18H25NO7S. The van der Waals surface area contributed by atoms with Gasteiger partial charge < -0.3 is 19.7 Å². The summed E-state index contributed by atoms with van der Waals surface area (Å²) in [6, 6.07) is 4.27. The van der Waals surface area contributed by atoms with Crippen molar-refractivity contribution in [3.63, 3.8) is 0 Å². The molecule has 9 heteroatoms. The van der Waals surface area contributed by atoms with E-state index in [9.17, 15) is 23.4 Å².